The van der Waals surface area contributed by atoms with Crippen LogP contribution in [0.5, 0.6) is 0 Å². The van der Waals surface area contributed by atoms with Gasteiger partial charge in [-0.2, -0.15) is 0 Å². The number of rotatable bonds is 4. The summed E-state index contributed by atoms with van der Waals surface area (Å²) in [6.45, 7) is 4.10. The molecule has 19 heavy (non-hydrogen) atoms. The number of hydrogen-bond donors (Lipinski definition) is 1. The first-order valence-electron chi connectivity index (χ1n) is 6.98. The van der Waals surface area contributed by atoms with Crippen molar-refractivity contribution in [3.8, 4) is 0 Å². The molecule has 3 nitrogen and oxygen atoms in total. The third kappa shape index (κ3) is 3.94. The quantitative estimate of drug-likeness (QED) is 0.923. The predicted molar refractivity (Wildman–Crippen MR) is 85.5 cm³/mol. The van der Waals surface area contributed by atoms with Gasteiger partial charge >= 0.3 is 0 Å². The minimum Gasteiger partial charge on any atom is -0.371 e. The molecule has 0 aromatic heterocycles. The van der Waals surface area contributed by atoms with Gasteiger partial charge in [0.25, 0.3) is 0 Å². The molecule has 2 rings (SSSR count). The zero-order valence-electron chi connectivity index (χ0n) is 11.9. The van der Waals surface area contributed by atoms with Crippen LogP contribution in [0.2, 0.25) is 0 Å². The minimum atomic E-state index is 0.604. The summed E-state index contributed by atoms with van der Waals surface area (Å²) in [6.07, 6.45) is 2.55. The predicted octanol–water partition coefficient (Wildman–Crippen LogP) is 2.69. The number of halogens is 1. The molecular weight excluding hydrogens is 302 g/mol. The maximum absolute atomic E-state index is 5.87. The Morgan fingerprint density at radius 3 is 2.58 bits per heavy atom. The number of piperidine rings is 1. The molecule has 1 aliphatic rings. The molecule has 0 atom stereocenters. The maximum atomic E-state index is 5.87. The average Bonchev–Trinajstić information content (AvgIpc) is 2.39. The SMILES string of the molecule is CN(C)CC1CCN(c2ccc(Br)cc2CN)CC1. The Morgan fingerprint density at radius 1 is 1.32 bits per heavy atom. The second-order valence-electron chi connectivity index (χ2n) is 5.67. The minimum absolute atomic E-state index is 0.604. The lowest BCUT2D eigenvalue weighted by atomic mass is 9.95. The lowest BCUT2D eigenvalue weighted by molar-refractivity contribution is 0.285. The molecule has 0 radical (unpaired) electrons. The molecule has 106 valence electrons. The lowest BCUT2D eigenvalue weighted by Gasteiger charge is -2.35. The Morgan fingerprint density at radius 2 is 2.00 bits per heavy atom. The molecule has 0 bridgehead atoms. The molecule has 0 spiro atoms. The van der Waals surface area contributed by atoms with E-state index >= 15 is 0 Å². The summed E-state index contributed by atoms with van der Waals surface area (Å²) in [4.78, 5) is 4.78. The Bertz CT molecular complexity index is 412. The Labute approximate surface area is 124 Å². The Balaban J connectivity index is 2.01. The van der Waals surface area contributed by atoms with Gasteiger partial charge in [0.2, 0.25) is 0 Å². The van der Waals surface area contributed by atoms with Crippen LogP contribution in [-0.2, 0) is 6.54 Å². The van der Waals surface area contributed by atoms with E-state index in [4.69, 9.17) is 5.73 Å². The third-order valence-corrected chi connectivity index (χ3v) is 4.33. The summed E-state index contributed by atoms with van der Waals surface area (Å²) in [5.41, 5.74) is 8.42. The van der Waals surface area contributed by atoms with Crippen molar-refractivity contribution in [2.24, 2.45) is 11.7 Å². The van der Waals surface area contributed by atoms with Gasteiger partial charge in [-0.1, -0.05) is 15.9 Å². The van der Waals surface area contributed by atoms with Crippen molar-refractivity contribution in [2.45, 2.75) is 19.4 Å². The topological polar surface area (TPSA) is 32.5 Å². The largest absolute Gasteiger partial charge is 0.371 e. The van der Waals surface area contributed by atoms with Gasteiger partial charge in [-0.3, -0.25) is 0 Å². The first-order valence-corrected chi connectivity index (χ1v) is 7.77. The summed E-state index contributed by atoms with van der Waals surface area (Å²) in [7, 11) is 4.32. The number of nitrogens with zero attached hydrogens (tertiary/aromatic N) is 2. The van der Waals surface area contributed by atoms with E-state index in [1.54, 1.807) is 0 Å². The van der Waals surface area contributed by atoms with E-state index in [9.17, 15) is 0 Å². The number of anilines is 1. The first-order chi connectivity index (χ1) is 9.10. The maximum Gasteiger partial charge on any atom is 0.0412 e. The van der Waals surface area contributed by atoms with Crippen LogP contribution in [0.25, 0.3) is 0 Å². The smallest absolute Gasteiger partial charge is 0.0412 e. The number of hydrogen-bond acceptors (Lipinski definition) is 3. The zero-order valence-corrected chi connectivity index (χ0v) is 13.5. The monoisotopic (exact) mass is 325 g/mol. The van der Waals surface area contributed by atoms with Crippen molar-refractivity contribution >= 4 is 21.6 Å². The summed E-state index contributed by atoms with van der Waals surface area (Å²) in [5, 5.41) is 0. The Kier molecular flexibility index (Phi) is 5.25. The Hall–Kier alpha value is -0.580. The molecule has 0 amide bonds. The van der Waals surface area contributed by atoms with Crippen molar-refractivity contribution in [3.05, 3.63) is 28.2 Å². The van der Waals surface area contributed by atoms with E-state index in [0.29, 0.717) is 6.54 Å². The summed E-state index contributed by atoms with van der Waals surface area (Å²) in [5.74, 6) is 0.836. The molecule has 1 fully saturated rings. The standard InChI is InChI=1S/C15H24BrN3/c1-18(2)11-12-5-7-19(8-6-12)15-4-3-14(16)9-13(15)10-17/h3-4,9,12H,5-8,10-11,17H2,1-2H3. The fourth-order valence-corrected chi connectivity index (χ4v) is 3.31. The highest BCUT2D eigenvalue weighted by Crippen LogP contribution is 2.28. The number of nitrogens with two attached hydrogens (primary N) is 1. The van der Waals surface area contributed by atoms with E-state index in [0.717, 1.165) is 23.5 Å². The van der Waals surface area contributed by atoms with Crippen molar-refractivity contribution in [1.82, 2.24) is 4.90 Å². The van der Waals surface area contributed by atoms with Crippen LogP contribution < -0.4 is 10.6 Å². The van der Waals surface area contributed by atoms with Crippen LogP contribution in [0.3, 0.4) is 0 Å². The molecule has 1 heterocycles. The highest BCUT2D eigenvalue weighted by atomic mass is 79.9. The van der Waals surface area contributed by atoms with Gasteiger partial charge in [-0.15, -0.1) is 0 Å². The van der Waals surface area contributed by atoms with Gasteiger partial charge in [-0.05, 0) is 56.6 Å². The van der Waals surface area contributed by atoms with E-state index in [-0.39, 0.29) is 0 Å². The van der Waals surface area contributed by atoms with Gasteiger partial charge in [-0.25, -0.2) is 0 Å². The van der Waals surface area contributed by atoms with Crippen LogP contribution in [0.1, 0.15) is 18.4 Å². The zero-order chi connectivity index (χ0) is 13.8. The summed E-state index contributed by atoms with van der Waals surface area (Å²) < 4.78 is 1.11. The average molecular weight is 326 g/mol. The lowest BCUT2D eigenvalue weighted by Crippen LogP contribution is -2.37. The van der Waals surface area contributed by atoms with E-state index in [2.05, 4.69) is 58.0 Å². The first kappa shape index (κ1) is 14.8. The van der Waals surface area contributed by atoms with Gasteiger partial charge in [0.15, 0.2) is 0 Å². The molecule has 0 unspecified atom stereocenters. The van der Waals surface area contributed by atoms with Gasteiger partial charge in [0.1, 0.15) is 0 Å². The normalized spacial score (nSPS) is 17.2. The second-order valence-corrected chi connectivity index (χ2v) is 6.59. The molecule has 0 saturated carbocycles. The molecule has 1 saturated heterocycles. The van der Waals surface area contributed by atoms with Crippen molar-refractivity contribution in [3.63, 3.8) is 0 Å². The molecule has 1 aliphatic heterocycles. The summed E-state index contributed by atoms with van der Waals surface area (Å²) >= 11 is 3.52. The molecular formula is C15H24BrN3. The molecule has 2 N–H and O–H groups in total. The van der Waals surface area contributed by atoms with Crippen molar-refractivity contribution in [1.29, 1.82) is 0 Å². The highest BCUT2D eigenvalue weighted by Gasteiger charge is 2.21. The van der Waals surface area contributed by atoms with Crippen molar-refractivity contribution < 1.29 is 0 Å². The van der Waals surface area contributed by atoms with Crippen LogP contribution in [0, 0.1) is 5.92 Å². The van der Waals surface area contributed by atoms with Gasteiger partial charge < -0.3 is 15.5 Å². The summed E-state index contributed by atoms with van der Waals surface area (Å²) in [6, 6.07) is 6.44. The fourth-order valence-electron chi connectivity index (χ4n) is 2.90. The molecule has 0 aliphatic carbocycles. The van der Waals surface area contributed by atoms with Crippen LogP contribution >= 0.6 is 15.9 Å². The van der Waals surface area contributed by atoms with E-state index in [1.807, 2.05) is 0 Å². The van der Waals surface area contributed by atoms with Crippen LogP contribution in [-0.4, -0.2) is 38.6 Å². The highest BCUT2D eigenvalue weighted by molar-refractivity contribution is 9.10. The number of benzene rings is 1. The van der Waals surface area contributed by atoms with Gasteiger partial charge in [0.05, 0.1) is 0 Å². The van der Waals surface area contributed by atoms with Crippen LogP contribution in [0.4, 0.5) is 5.69 Å². The van der Waals surface area contributed by atoms with Crippen molar-refractivity contribution in [2.75, 3.05) is 38.6 Å². The fraction of sp³-hybridized carbons (Fsp3) is 0.600. The van der Waals surface area contributed by atoms with E-state index in [1.165, 1.54) is 30.6 Å². The molecule has 1 aromatic carbocycles. The van der Waals surface area contributed by atoms with Gasteiger partial charge in [0, 0.05) is 36.3 Å². The van der Waals surface area contributed by atoms with Crippen LogP contribution in [0.15, 0.2) is 22.7 Å². The second kappa shape index (κ2) is 6.73. The van der Waals surface area contributed by atoms with E-state index < -0.39 is 0 Å². The molecule has 4 heteroatoms. The molecule has 1 aromatic rings. The third-order valence-electron chi connectivity index (χ3n) is 3.84.